The Hall–Kier alpha value is -2.01. The van der Waals surface area contributed by atoms with E-state index < -0.39 is 0 Å². The fourth-order valence-electron chi connectivity index (χ4n) is 1.43. The molecule has 6 heteroatoms. The lowest BCUT2D eigenvalue weighted by atomic mass is 10.3. The number of aromatic nitrogens is 5. The standard InChI is InChI=1S/C10H6ClN5/c11-10-13-5-7-9(16-10)15-8(14-7)6-1-3-12-4-2-6/h1-5H,(H,13,14,15,16). The van der Waals surface area contributed by atoms with Gasteiger partial charge in [0.15, 0.2) is 5.65 Å². The van der Waals surface area contributed by atoms with Crippen LogP contribution in [0.15, 0.2) is 30.7 Å². The Bertz CT molecular complexity index is 634. The van der Waals surface area contributed by atoms with Crippen LogP contribution in [0, 0.1) is 0 Å². The summed E-state index contributed by atoms with van der Waals surface area (Å²) in [5, 5.41) is 0.195. The van der Waals surface area contributed by atoms with E-state index in [1.165, 1.54) is 0 Å². The highest BCUT2D eigenvalue weighted by Gasteiger charge is 2.06. The van der Waals surface area contributed by atoms with Crippen molar-refractivity contribution in [1.29, 1.82) is 0 Å². The number of rotatable bonds is 1. The van der Waals surface area contributed by atoms with E-state index in [1.54, 1.807) is 18.6 Å². The quantitative estimate of drug-likeness (QED) is 0.651. The van der Waals surface area contributed by atoms with Gasteiger partial charge in [-0.25, -0.2) is 9.97 Å². The van der Waals surface area contributed by atoms with Crippen molar-refractivity contribution in [3.63, 3.8) is 0 Å². The number of nitrogens with one attached hydrogen (secondary N) is 1. The Morgan fingerprint density at radius 2 is 1.94 bits per heavy atom. The number of nitrogens with zero attached hydrogens (tertiary/aromatic N) is 4. The maximum absolute atomic E-state index is 5.69. The van der Waals surface area contributed by atoms with Crippen LogP contribution in [-0.4, -0.2) is 24.9 Å². The molecule has 78 valence electrons. The van der Waals surface area contributed by atoms with Crippen molar-refractivity contribution in [3.8, 4) is 11.4 Å². The van der Waals surface area contributed by atoms with E-state index in [9.17, 15) is 0 Å². The number of H-pyrrole nitrogens is 1. The van der Waals surface area contributed by atoms with Crippen molar-refractivity contribution in [1.82, 2.24) is 24.9 Å². The molecule has 0 spiro atoms. The predicted octanol–water partition coefficient (Wildman–Crippen LogP) is 2.07. The highest BCUT2D eigenvalue weighted by molar-refractivity contribution is 6.28. The summed E-state index contributed by atoms with van der Waals surface area (Å²) in [6.45, 7) is 0. The van der Waals surface area contributed by atoms with Crippen LogP contribution in [0.25, 0.3) is 22.6 Å². The molecule has 0 radical (unpaired) electrons. The number of hydrogen-bond donors (Lipinski definition) is 1. The van der Waals surface area contributed by atoms with Gasteiger partial charge in [-0.3, -0.25) is 4.98 Å². The van der Waals surface area contributed by atoms with E-state index in [-0.39, 0.29) is 5.28 Å². The Morgan fingerprint density at radius 1 is 1.12 bits per heavy atom. The van der Waals surface area contributed by atoms with Crippen molar-refractivity contribution >= 4 is 22.8 Å². The lowest BCUT2D eigenvalue weighted by molar-refractivity contribution is 1.20. The van der Waals surface area contributed by atoms with Gasteiger partial charge in [-0.1, -0.05) is 0 Å². The first kappa shape index (κ1) is 9.23. The van der Waals surface area contributed by atoms with Gasteiger partial charge >= 0.3 is 0 Å². The summed E-state index contributed by atoms with van der Waals surface area (Å²) in [6, 6.07) is 3.74. The average molecular weight is 232 g/mol. The fraction of sp³-hybridized carbons (Fsp3) is 0. The first-order valence-corrected chi connectivity index (χ1v) is 4.99. The molecule has 0 aliphatic rings. The Morgan fingerprint density at radius 3 is 2.75 bits per heavy atom. The zero-order valence-electron chi connectivity index (χ0n) is 8.05. The minimum absolute atomic E-state index is 0.195. The molecule has 1 N–H and O–H groups in total. The summed E-state index contributed by atoms with van der Waals surface area (Å²) < 4.78 is 0. The molecular formula is C10H6ClN5. The van der Waals surface area contributed by atoms with Gasteiger partial charge in [-0.2, -0.15) is 4.98 Å². The highest BCUT2D eigenvalue weighted by atomic mass is 35.5. The summed E-state index contributed by atoms with van der Waals surface area (Å²) in [5.41, 5.74) is 2.27. The minimum atomic E-state index is 0.195. The molecule has 16 heavy (non-hydrogen) atoms. The topological polar surface area (TPSA) is 67.3 Å². The lowest BCUT2D eigenvalue weighted by Crippen LogP contribution is -1.81. The van der Waals surface area contributed by atoms with Gasteiger partial charge in [-0.15, -0.1) is 0 Å². The SMILES string of the molecule is Clc1ncc2[nH]c(-c3ccncc3)nc2n1. The predicted molar refractivity (Wildman–Crippen MR) is 59.9 cm³/mol. The third kappa shape index (κ3) is 1.51. The van der Waals surface area contributed by atoms with Gasteiger partial charge in [-0.05, 0) is 23.7 Å². The Labute approximate surface area is 95.6 Å². The van der Waals surface area contributed by atoms with Crippen LogP contribution in [0.5, 0.6) is 0 Å². The molecule has 0 unspecified atom stereocenters. The van der Waals surface area contributed by atoms with Crippen LogP contribution in [0.1, 0.15) is 0 Å². The zero-order chi connectivity index (χ0) is 11.0. The van der Waals surface area contributed by atoms with E-state index in [1.807, 2.05) is 12.1 Å². The highest BCUT2D eigenvalue weighted by Crippen LogP contribution is 2.18. The van der Waals surface area contributed by atoms with E-state index in [0.29, 0.717) is 5.65 Å². The van der Waals surface area contributed by atoms with Crippen molar-refractivity contribution in [2.24, 2.45) is 0 Å². The van der Waals surface area contributed by atoms with Gasteiger partial charge < -0.3 is 4.98 Å². The molecule has 0 aliphatic heterocycles. The molecule has 0 aromatic carbocycles. The van der Waals surface area contributed by atoms with Crippen LogP contribution in [0.2, 0.25) is 5.28 Å². The Kier molecular flexibility index (Phi) is 2.04. The molecule has 3 aromatic heterocycles. The van der Waals surface area contributed by atoms with Crippen LogP contribution in [-0.2, 0) is 0 Å². The second kappa shape index (κ2) is 3.53. The van der Waals surface area contributed by atoms with Gasteiger partial charge in [0.25, 0.3) is 0 Å². The number of hydrogen-bond acceptors (Lipinski definition) is 4. The maximum Gasteiger partial charge on any atom is 0.224 e. The molecule has 5 nitrogen and oxygen atoms in total. The van der Waals surface area contributed by atoms with Gasteiger partial charge in [0.2, 0.25) is 5.28 Å². The van der Waals surface area contributed by atoms with E-state index in [0.717, 1.165) is 16.9 Å². The first-order valence-electron chi connectivity index (χ1n) is 4.61. The van der Waals surface area contributed by atoms with E-state index in [2.05, 4.69) is 24.9 Å². The number of fused-ring (bicyclic) bond motifs is 1. The molecule has 0 fully saturated rings. The molecule has 0 bridgehead atoms. The minimum Gasteiger partial charge on any atom is -0.335 e. The van der Waals surface area contributed by atoms with Crippen molar-refractivity contribution in [2.75, 3.05) is 0 Å². The first-order chi connectivity index (χ1) is 7.83. The van der Waals surface area contributed by atoms with E-state index >= 15 is 0 Å². The summed E-state index contributed by atoms with van der Waals surface area (Å²) in [7, 11) is 0. The van der Waals surface area contributed by atoms with Gasteiger partial charge in [0.1, 0.15) is 11.3 Å². The van der Waals surface area contributed by atoms with Crippen LogP contribution >= 0.6 is 11.6 Å². The van der Waals surface area contributed by atoms with Gasteiger partial charge in [0, 0.05) is 18.0 Å². The molecule has 0 amide bonds. The number of aromatic amines is 1. The van der Waals surface area contributed by atoms with Gasteiger partial charge in [0.05, 0.1) is 6.20 Å². The molecule has 0 atom stereocenters. The van der Waals surface area contributed by atoms with Crippen LogP contribution in [0.3, 0.4) is 0 Å². The third-order valence-electron chi connectivity index (χ3n) is 2.16. The van der Waals surface area contributed by atoms with Crippen molar-refractivity contribution < 1.29 is 0 Å². The van der Waals surface area contributed by atoms with Crippen molar-refractivity contribution in [3.05, 3.63) is 36.0 Å². The molecule has 0 aliphatic carbocycles. The summed E-state index contributed by atoms with van der Waals surface area (Å²) in [5.74, 6) is 0.731. The lowest BCUT2D eigenvalue weighted by Gasteiger charge is -1.92. The van der Waals surface area contributed by atoms with Crippen LogP contribution in [0.4, 0.5) is 0 Å². The zero-order valence-corrected chi connectivity index (χ0v) is 8.81. The molecule has 0 saturated carbocycles. The summed E-state index contributed by atoms with van der Waals surface area (Å²) >= 11 is 5.69. The summed E-state index contributed by atoms with van der Waals surface area (Å²) in [6.07, 6.45) is 5.03. The normalized spacial score (nSPS) is 10.8. The second-order valence-corrected chi connectivity index (χ2v) is 3.54. The number of halogens is 1. The largest absolute Gasteiger partial charge is 0.335 e. The Balaban J connectivity index is 2.19. The van der Waals surface area contributed by atoms with Crippen molar-refractivity contribution in [2.45, 2.75) is 0 Å². The second-order valence-electron chi connectivity index (χ2n) is 3.20. The average Bonchev–Trinajstić information content (AvgIpc) is 2.73. The summed E-state index contributed by atoms with van der Waals surface area (Å²) in [4.78, 5) is 19.3. The number of pyridine rings is 1. The third-order valence-corrected chi connectivity index (χ3v) is 2.35. The molecule has 3 aromatic rings. The maximum atomic E-state index is 5.69. The molecule has 3 rings (SSSR count). The molecule has 3 heterocycles. The van der Waals surface area contributed by atoms with Crippen LogP contribution < -0.4 is 0 Å². The smallest absolute Gasteiger partial charge is 0.224 e. The molecule has 0 saturated heterocycles. The molecular weight excluding hydrogens is 226 g/mol. The monoisotopic (exact) mass is 231 g/mol. The number of imidazole rings is 1. The van der Waals surface area contributed by atoms with E-state index in [4.69, 9.17) is 11.6 Å². The fourth-order valence-corrected chi connectivity index (χ4v) is 1.56.